The van der Waals surface area contributed by atoms with E-state index in [2.05, 4.69) is 23.6 Å². The molecule has 0 aliphatic carbocycles. The first kappa shape index (κ1) is 43.4. The van der Waals surface area contributed by atoms with Crippen molar-refractivity contribution < 1.29 is 71.7 Å². The van der Waals surface area contributed by atoms with E-state index in [4.69, 9.17) is 49.8 Å². The second-order valence-electron chi connectivity index (χ2n) is 2.53. The summed E-state index contributed by atoms with van der Waals surface area (Å²) in [5.74, 6) is 0. The van der Waals surface area contributed by atoms with Gasteiger partial charge in [0.1, 0.15) is 12.2 Å². The smallest absolute Gasteiger partial charge is 0.319 e. The van der Waals surface area contributed by atoms with Crippen LogP contribution in [0.15, 0.2) is 0 Å². The van der Waals surface area contributed by atoms with Gasteiger partial charge in [-0.25, -0.2) is 0 Å². The van der Waals surface area contributed by atoms with Gasteiger partial charge in [0.15, 0.2) is 0 Å². The fraction of sp³-hybridized carbons (Fsp3) is 1.00. The molecule has 0 fully saturated rings. The van der Waals surface area contributed by atoms with Crippen LogP contribution in [0, 0.1) is 0 Å². The van der Waals surface area contributed by atoms with Gasteiger partial charge in [-0.3, -0.25) is 0 Å². The van der Waals surface area contributed by atoms with Crippen LogP contribution in [-0.2, 0) is 23.6 Å². The van der Waals surface area contributed by atoms with E-state index in [9.17, 15) is 0 Å². The molecular formula is C4H24O14P2S2. The summed E-state index contributed by atoms with van der Waals surface area (Å²) in [5, 5.41) is 33.2. The average Bonchev–Trinajstić information content (AvgIpc) is 2.10. The van der Waals surface area contributed by atoms with E-state index in [1.54, 1.807) is 0 Å². The summed E-state index contributed by atoms with van der Waals surface area (Å²) in [7, 11) is 0. The van der Waals surface area contributed by atoms with E-state index >= 15 is 0 Å². The molecule has 0 heterocycles. The largest absolute Gasteiger partial charge is 0.412 e. The molecule has 0 aliphatic heterocycles. The van der Waals surface area contributed by atoms with E-state index < -0.39 is 38.9 Å². The molecule has 0 saturated heterocycles. The summed E-state index contributed by atoms with van der Waals surface area (Å²) in [6.07, 6.45) is -2.44. The van der Waals surface area contributed by atoms with Crippen molar-refractivity contribution in [2.24, 2.45) is 0 Å². The van der Waals surface area contributed by atoms with Crippen LogP contribution in [0.2, 0.25) is 0 Å². The summed E-state index contributed by atoms with van der Waals surface area (Å²) < 4.78 is 0. The van der Waals surface area contributed by atoms with Crippen molar-refractivity contribution in [1.82, 2.24) is 0 Å². The van der Waals surface area contributed by atoms with Gasteiger partial charge in [0.05, 0.1) is 13.2 Å². The van der Waals surface area contributed by atoms with Crippen LogP contribution in [0.4, 0.5) is 0 Å². The number of hydrogen-bond donors (Lipinski definition) is 10. The van der Waals surface area contributed by atoms with Gasteiger partial charge >= 0.3 is 13.4 Å². The van der Waals surface area contributed by atoms with E-state index in [0.29, 0.717) is 0 Å². The van der Waals surface area contributed by atoms with E-state index in [-0.39, 0.29) is 21.9 Å². The lowest BCUT2D eigenvalue weighted by Gasteiger charge is -2.10. The molecule has 0 aromatic heterocycles. The standard InChI is InChI=1S/C4H10O4.2H3O3PS.4H2O/c5-1-3(7)4(8)2-6;2*1-4(2,3)5;;;;/h3-8H,1-2H2;2*(H3,1,2,3,5);4*1H2/t3-,4-;;;;;;/m1....../s1. The van der Waals surface area contributed by atoms with Gasteiger partial charge in [0.2, 0.25) is 0 Å². The lowest BCUT2D eigenvalue weighted by molar-refractivity contribution is -0.0388. The molecule has 0 spiro atoms. The van der Waals surface area contributed by atoms with Gasteiger partial charge in [-0.2, -0.15) is 0 Å². The highest BCUT2D eigenvalue weighted by atomic mass is 32.5. The highest BCUT2D eigenvalue weighted by molar-refractivity contribution is 8.06. The van der Waals surface area contributed by atoms with Crippen LogP contribution in [-0.4, -0.2) is 97.1 Å². The first-order chi connectivity index (χ1) is 7.72. The number of rotatable bonds is 3. The Morgan fingerprint density at radius 1 is 0.591 bits per heavy atom. The quantitative estimate of drug-likeness (QED) is 0.189. The summed E-state index contributed by atoms with van der Waals surface area (Å²) in [6, 6.07) is 0. The molecule has 146 valence electrons. The van der Waals surface area contributed by atoms with Crippen LogP contribution in [0.5, 0.6) is 0 Å². The van der Waals surface area contributed by atoms with Crippen molar-refractivity contribution in [3.63, 3.8) is 0 Å². The van der Waals surface area contributed by atoms with Gasteiger partial charge in [0, 0.05) is 0 Å². The Balaban J connectivity index is -0.0000000291. The minimum Gasteiger partial charge on any atom is -0.412 e. The van der Waals surface area contributed by atoms with Crippen LogP contribution in [0.1, 0.15) is 0 Å². The van der Waals surface area contributed by atoms with Gasteiger partial charge in [-0.15, -0.1) is 0 Å². The molecule has 0 aliphatic rings. The maximum atomic E-state index is 8.47. The predicted molar refractivity (Wildman–Crippen MR) is 82.5 cm³/mol. The van der Waals surface area contributed by atoms with Crippen molar-refractivity contribution in [1.29, 1.82) is 0 Å². The van der Waals surface area contributed by atoms with Crippen molar-refractivity contribution in [2.75, 3.05) is 13.2 Å². The van der Waals surface area contributed by atoms with E-state index in [0.717, 1.165) is 0 Å². The molecule has 0 unspecified atom stereocenters. The van der Waals surface area contributed by atoms with Crippen LogP contribution >= 0.6 is 13.4 Å². The second-order valence-corrected chi connectivity index (χ2v) is 7.52. The Morgan fingerprint density at radius 2 is 0.682 bits per heavy atom. The fourth-order valence-electron chi connectivity index (χ4n) is 0.243. The molecule has 0 aromatic rings. The first-order valence-electron chi connectivity index (χ1n) is 3.86. The summed E-state index contributed by atoms with van der Waals surface area (Å²) in [4.78, 5) is 45.3. The number of hydrogen-bond acceptors (Lipinski definition) is 6. The highest BCUT2D eigenvalue weighted by Crippen LogP contribution is 2.26. The summed E-state index contributed by atoms with van der Waals surface area (Å²) in [5.41, 5.74) is 0. The summed E-state index contributed by atoms with van der Waals surface area (Å²) in [6.45, 7) is -8.66. The Bertz CT molecular complexity index is 233. The van der Waals surface area contributed by atoms with Crippen molar-refractivity contribution >= 4 is 37.1 Å². The third-order valence-electron chi connectivity index (χ3n) is 0.818. The van der Waals surface area contributed by atoms with Crippen molar-refractivity contribution in [2.45, 2.75) is 12.2 Å². The first-order valence-corrected chi connectivity index (χ1v) is 9.19. The molecule has 0 bridgehead atoms. The maximum Gasteiger partial charge on any atom is 0.319 e. The Kier molecular flexibility index (Phi) is 42.9. The lowest BCUT2D eigenvalue weighted by Crippen LogP contribution is -2.31. The zero-order valence-electron chi connectivity index (χ0n) is 10.8. The van der Waals surface area contributed by atoms with Gasteiger partial charge in [-0.1, -0.05) is 0 Å². The van der Waals surface area contributed by atoms with E-state index in [1.165, 1.54) is 0 Å². The van der Waals surface area contributed by atoms with Crippen molar-refractivity contribution in [3.8, 4) is 0 Å². The molecule has 0 amide bonds. The molecule has 14 nitrogen and oxygen atoms in total. The second kappa shape index (κ2) is 21.7. The Hall–Kier alpha value is 0.740. The van der Waals surface area contributed by atoms with Gasteiger partial charge in [-0.05, 0) is 23.6 Å². The van der Waals surface area contributed by atoms with Gasteiger partial charge in [0.25, 0.3) is 0 Å². The molecule has 0 saturated carbocycles. The molecule has 2 atom stereocenters. The van der Waals surface area contributed by atoms with Crippen LogP contribution in [0.3, 0.4) is 0 Å². The topological polar surface area (TPSA) is 328 Å². The van der Waals surface area contributed by atoms with Gasteiger partial charge < -0.3 is 71.7 Å². The molecule has 0 radical (unpaired) electrons. The monoisotopic (exact) mass is 422 g/mol. The third-order valence-corrected chi connectivity index (χ3v) is 0.818. The molecule has 18 heteroatoms. The minimum absolute atomic E-state index is 0. The normalized spacial score (nSPS) is 11.9. The number of aliphatic hydroxyl groups excluding tert-OH is 4. The average molecular weight is 422 g/mol. The molecule has 22 heavy (non-hydrogen) atoms. The van der Waals surface area contributed by atoms with Crippen LogP contribution < -0.4 is 0 Å². The molecular weight excluding hydrogens is 398 g/mol. The Labute approximate surface area is 134 Å². The Morgan fingerprint density at radius 3 is 0.727 bits per heavy atom. The maximum absolute atomic E-state index is 8.47. The summed E-state index contributed by atoms with van der Waals surface area (Å²) >= 11 is 7.21. The zero-order chi connectivity index (χ0) is 15.6. The third kappa shape index (κ3) is 106. The van der Waals surface area contributed by atoms with E-state index in [1.807, 2.05) is 0 Å². The van der Waals surface area contributed by atoms with Crippen LogP contribution in [0.25, 0.3) is 0 Å². The fourth-order valence-corrected chi connectivity index (χ4v) is 0.243. The molecule has 18 N–H and O–H groups in total. The molecule has 0 rings (SSSR count). The van der Waals surface area contributed by atoms with Crippen molar-refractivity contribution in [3.05, 3.63) is 0 Å². The SMILES string of the molecule is O.O.O.O.OC[C@@H](O)[C@H](O)CO.OP(O)(O)=S.OP(O)(O)=S. The molecule has 0 aromatic carbocycles. The minimum atomic E-state index is -3.81. The number of aliphatic hydroxyl groups is 4. The highest BCUT2D eigenvalue weighted by Gasteiger charge is 2.12. The lowest BCUT2D eigenvalue weighted by atomic mass is 10.2. The predicted octanol–water partition coefficient (Wildman–Crippen LogP) is -7.23. The zero-order valence-corrected chi connectivity index (χ0v) is 14.2.